The Bertz CT molecular complexity index is 701. The topological polar surface area (TPSA) is 69.7 Å². The number of piperidine rings is 1. The first-order chi connectivity index (χ1) is 11.2. The lowest BCUT2D eigenvalue weighted by molar-refractivity contribution is -0.118. The molecule has 1 atom stereocenters. The van der Waals surface area contributed by atoms with Gasteiger partial charge in [-0.2, -0.15) is 0 Å². The molecule has 0 radical (unpaired) electrons. The van der Waals surface area contributed by atoms with E-state index in [1.54, 1.807) is 19.1 Å². The smallest absolute Gasteiger partial charge is 0.242 e. The van der Waals surface area contributed by atoms with Gasteiger partial charge in [0.2, 0.25) is 15.9 Å². The first-order valence-corrected chi connectivity index (χ1v) is 9.73. The average molecular weight is 353 g/mol. The lowest BCUT2D eigenvalue weighted by atomic mass is 10.0. The summed E-state index contributed by atoms with van der Waals surface area (Å²) in [6, 6.07) is 5.39. The fraction of sp³-hybridized carbons (Fsp3) is 0.588. The second-order valence-corrected chi connectivity index (χ2v) is 8.75. The minimum Gasteiger partial charge on any atom is -0.325 e. The molecule has 6 nitrogen and oxygen atoms in total. The number of amides is 1. The number of benzene rings is 1. The van der Waals surface area contributed by atoms with Crippen LogP contribution >= 0.6 is 0 Å². The second-order valence-electron chi connectivity index (χ2n) is 6.63. The lowest BCUT2D eigenvalue weighted by Crippen LogP contribution is -2.42. The SMILES string of the molecule is Cc1ccc(NC(=O)CN2CCCCC2C)cc1S(=O)(=O)N(C)C. The van der Waals surface area contributed by atoms with Crippen LogP contribution in [0, 0.1) is 6.92 Å². The standard InChI is InChI=1S/C17H27N3O3S/c1-13-8-9-15(11-16(13)24(22,23)19(3)4)18-17(21)12-20-10-6-5-7-14(20)2/h8-9,11,14H,5-7,10,12H2,1-4H3,(H,18,21). The summed E-state index contributed by atoms with van der Waals surface area (Å²) in [5.74, 6) is -0.110. The van der Waals surface area contributed by atoms with Crippen LogP contribution < -0.4 is 5.32 Å². The second kappa shape index (κ2) is 7.63. The normalized spacial score (nSPS) is 19.5. The van der Waals surface area contributed by atoms with E-state index in [9.17, 15) is 13.2 Å². The number of sulfonamides is 1. The number of aryl methyl sites for hydroxylation is 1. The van der Waals surface area contributed by atoms with Crippen molar-refractivity contribution in [2.24, 2.45) is 0 Å². The minimum absolute atomic E-state index is 0.110. The molecule has 2 rings (SSSR count). The Balaban J connectivity index is 2.11. The number of nitrogens with zero attached hydrogens (tertiary/aromatic N) is 2. The Kier molecular flexibility index (Phi) is 6.01. The summed E-state index contributed by atoms with van der Waals surface area (Å²) < 4.78 is 25.9. The molecule has 1 saturated heterocycles. The van der Waals surface area contributed by atoms with Crippen molar-refractivity contribution in [3.63, 3.8) is 0 Å². The van der Waals surface area contributed by atoms with E-state index < -0.39 is 10.0 Å². The van der Waals surface area contributed by atoms with Crippen molar-refractivity contribution in [1.82, 2.24) is 9.21 Å². The summed E-state index contributed by atoms with van der Waals surface area (Å²) in [5.41, 5.74) is 1.17. The molecule has 1 aromatic rings. The maximum Gasteiger partial charge on any atom is 0.242 e. The number of nitrogens with one attached hydrogen (secondary N) is 1. The molecule has 1 unspecified atom stereocenters. The van der Waals surface area contributed by atoms with Crippen LogP contribution in [0.15, 0.2) is 23.1 Å². The van der Waals surface area contributed by atoms with Gasteiger partial charge < -0.3 is 5.32 Å². The lowest BCUT2D eigenvalue weighted by Gasteiger charge is -2.32. The third-order valence-electron chi connectivity index (χ3n) is 4.52. The molecule has 24 heavy (non-hydrogen) atoms. The molecule has 0 bridgehead atoms. The van der Waals surface area contributed by atoms with Crippen molar-refractivity contribution in [3.8, 4) is 0 Å². The van der Waals surface area contributed by atoms with Crippen molar-refractivity contribution >= 4 is 21.6 Å². The molecule has 1 heterocycles. The largest absolute Gasteiger partial charge is 0.325 e. The van der Waals surface area contributed by atoms with Crippen LogP contribution in [0.4, 0.5) is 5.69 Å². The molecule has 7 heteroatoms. The van der Waals surface area contributed by atoms with Gasteiger partial charge in [0.1, 0.15) is 0 Å². The molecule has 0 aromatic heterocycles. The molecule has 1 fully saturated rings. The van der Waals surface area contributed by atoms with Gasteiger partial charge in [0, 0.05) is 25.8 Å². The zero-order chi connectivity index (χ0) is 17.9. The third-order valence-corrected chi connectivity index (χ3v) is 6.47. The van der Waals surface area contributed by atoms with E-state index in [1.807, 2.05) is 0 Å². The first-order valence-electron chi connectivity index (χ1n) is 8.29. The van der Waals surface area contributed by atoms with Crippen LogP contribution in [0.3, 0.4) is 0 Å². The van der Waals surface area contributed by atoms with Crippen molar-refractivity contribution in [2.45, 2.75) is 44.0 Å². The van der Waals surface area contributed by atoms with Gasteiger partial charge in [-0.15, -0.1) is 0 Å². The van der Waals surface area contributed by atoms with E-state index in [-0.39, 0.29) is 10.8 Å². The molecule has 134 valence electrons. The van der Waals surface area contributed by atoms with E-state index in [0.29, 0.717) is 23.8 Å². The molecule has 1 aromatic carbocycles. The summed E-state index contributed by atoms with van der Waals surface area (Å²) in [6.45, 7) is 5.16. The highest BCUT2D eigenvalue weighted by Gasteiger charge is 2.22. The fourth-order valence-electron chi connectivity index (χ4n) is 2.93. The van der Waals surface area contributed by atoms with Crippen molar-refractivity contribution < 1.29 is 13.2 Å². The molecule has 1 amide bonds. The molecule has 1 N–H and O–H groups in total. The Morgan fingerprint density at radius 2 is 2.04 bits per heavy atom. The Hall–Kier alpha value is -1.44. The quantitative estimate of drug-likeness (QED) is 0.880. The maximum absolute atomic E-state index is 12.4. The Labute approximate surface area is 144 Å². The molecule has 0 saturated carbocycles. The number of anilines is 1. The molecule has 1 aliphatic rings. The minimum atomic E-state index is -3.53. The van der Waals surface area contributed by atoms with Crippen molar-refractivity contribution in [1.29, 1.82) is 0 Å². The van der Waals surface area contributed by atoms with Crippen molar-refractivity contribution in [2.75, 3.05) is 32.5 Å². The van der Waals surface area contributed by atoms with E-state index in [4.69, 9.17) is 0 Å². The van der Waals surface area contributed by atoms with E-state index >= 15 is 0 Å². The summed E-state index contributed by atoms with van der Waals surface area (Å²) in [7, 11) is -0.535. The Morgan fingerprint density at radius 3 is 2.67 bits per heavy atom. The van der Waals surface area contributed by atoms with Crippen LogP contribution in [-0.4, -0.2) is 56.8 Å². The van der Waals surface area contributed by atoms with Crippen molar-refractivity contribution in [3.05, 3.63) is 23.8 Å². The number of carbonyl (C=O) groups is 1. The van der Waals surface area contributed by atoms with E-state index in [1.165, 1.54) is 30.9 Å². The van der Waals surface area contributed by atoms with Gasteiger partial charge in [0.25, 0.3) is 0 Å². The molecular weight excluding hydrogens is 326 g/mol. The van der Waals surface area contributed by atoms with Gasteiger partial charge >= 0.3 is 0 Å². The maximum atomic E-state index is 12.4. The highest BCUT2D eigenvalue weighted by atomic mass is 32.2. The first kappa shape index (κ1) is 18.9. The summed E-state index contributed by atoms with van der Waals surface area (Å²) >= 11 is 0. The predicted octanol–water partition coefficient (Wildman–Crippen LogP) is 2.06. The Morgan fingerprint density at radius 1 is 1.33 bits per heavy atom. The molecule has 1 aliphatic heterocycles. The van der Waals surface area contributed by atoms with Gasteiger partial charge in [-0.05, 0) is 50.9 Å². The third kappa shape index (κ3) is 4.34. The van der Waals surface area contributed by atoms with Crippen LogP contribution in [0.1, 0.15) is 31.7 Å². The number of hydrogen-bond donors (Lipinski definition) is 1. The summed E-state index contributed by atoms with van der Waals surface area (Å²) in [6.07, 6.45) is 3.44. The highest BCUT2D eigenvalue weighted by Crippen LogP contribution is 2.22. The van der Waals surface area contributed by atoms with Gasteiger partial charge in [0.05, 0.1) is 11.4 Å². The zero-order valence-corrected chi connectivity index (χ0v) is 15.7. The fourth-order valence-corrected chi connectivity index (χ4v) is 4.07. The van der Waals surface area contributed by atoms with E-state index in [2.05, 4.69) is 17.1 Å². The van der Waals surface area contributed by atoms with Gasteiger partial charge in [-0.25, -0.2) is 12.7 Å². The summed E-state index contributed by atoms with van der Waals surface area (Å²) in [4.78, 5) is 14.7. The zero-order valence-electron chi connectivity index (χ0n) is 14.9. The number of likely N-dealkylation sites (tertiary alicyclic amines) is 1. The van der Waals surface area contributed by atoms with Gasteiger partial charge in [-0.1, -0.05) is 12.5 Å². The van der Waals surface area contributed by atoms with Crippen LogP contribution in [0.2, 0.25) is 0 Å². The highest BCUT2D eigenvalue weighted by molar-refractivity contribution is 7.89. The van der Waals surface area contributed by atoms with Gasteiger partial charge in [-0.3, -0.25) is 9.69 Å². The van der Waals surface area contributed by atoms with Gasteiger partial charge in [0.15, 0.2) is 0 Å². The molecule has 0 aliphatic carbocycles. The summed E-state index contributed by atoms with van der Waals surface area (Å²) in [5, 5.41) is 2.82. The molecular formula is C17H27N3O3S. The number of rotatable bonds is 5. The number of carbonyl (C=O) groups excluding carboxylic acids is 1. The van der Waals surface area contributed by atoms with Crippen LogP contribution in [0.25, 0.3) is 0 Å². The van der Waals surface area contributed by atoms with Crippen LogP contribution in [0.5, 0.6) is 0 Å². The predicted molar refractivity (Wildman–Crippen MR) is 95.6 cm³/mol. The molecule has 0 spiro atoms. The monoisotopic (exact) mass is 353 g/mol. The number of hydrogen-bond acceptors (Lipinski definition) is 4. The van der Waals surface area contributed by atoms with Crippen LogP contribution in [-0.2, 0) is 14.8 Å². The van der Waals surface area contributed by atoms with E-state index in [0.717, 1.165) is 19.4 Å². The average Bonchev–Trinajstić information content (AvgIpc) is 2.51.